The maximum Gasteiger partial charge on any atom is 0.407 e. The van der Waals surface area contributed by atoms with E-state index in [9.17, 15) is 4.79 Å². The topological polar surface area (TPSA) is 50.8 Å². The Hall–Kier alpha value is -2.24. The number of nitrogens with zero attached hydrogens (tertiary/aromatic N) is 1. The molecule has 152 valence electrons. The van der Waals surface area contributed by atoms with E-state index < -0.39 is 0 Å². The Morgan fingerprint density at radius 1 is 1.10 bits per heavy atom. The van der Waals surface area contributed by atoms with Crippen molar-refractivity contribution in [3.8, 4) is 16.9 Å². The van der Waals surface area contributed by atoms with Crippen LogP contribution in [0.15, 0.2) is 42.5 Å². The van der Waals surface area contributed by atoms with Gasteiger partial charge in [-0.3, -0.25) is 4.90 Å². The van der Waals surface area contributed by atoms with Crippen LogP contribution < -0.4 is 10.1 Å². The number of ether oxygens (including phenoxy) is 2. The molecule has 1 N–H and O–H groups in total. The third kappa shape index (κ3) is 3.94. The van der Waals surface area contributed by atoms with Gasteiger partial charge in [0.15, 0.2) is 0 Å². The second kappa shape index (κ2) is 7.88. The summed E-state index contributed by atoms with van der Waals surface area (Å²) < 4.78 is 11.7. The first kappa shape index (κ1) is 18.8. The summed E-state index contributed by atoms with van der Waals surface area (Å²) in [6.07, 6.45) is 2.69. The van der Waals surface area contributed by atoms with E-state index >= 15 is 0 Å². The van der Waals surface area contributed by atoms with E-state index in [0.29, 0.717) is 17.5 Å². The largest absolute Gasteiger partial charge is 0.493 e. The van der Waals surface area contributed by atoms with Crippen molar-refractivity contribution >= 4 is 17.7 Å². The molecular formula is C23H25ClN2O3. The second-order valence-corrected chi connectivity index (χ2v) is 8.62. The maximum absolute atomic E-state index is 12.6. The number of piperidine rings is 3. The summed E-state index contributed by atoms with van der Waals surface area (Å²) in [4.78, 5) is 15.0. The molecule has 6 heteroatoms. The molecule has 1 amide bonds. The molecule has 29 heavy (non-hydrogen) atoms. The summed E-state index contributed by atoms with van der Waals surface area (Å²) in [6.45, 7) is 3.70. The highest BCUT2D eigenvalue weighted by Gasteiger charge is 2.37. The third-order valence-corrected chi connectivity index (χ3v) is 6.59. The molecule has 6 rings (SSSR count). The number of nitrogens with one attached hydrogen (secondary N) is 1. The highest BCUT2D eigenvalue weighted by atomic mass is 35.5. The summed E-state index contributed by atoms with van der Waals surface area (Å²) in [6, 6.07) is 13.8. The monoisotopic (exact) mass is 412 g/mol. The molecule has 3 saturated heterocycles. The number of alkyl carbamates (subject to hydrolysis) is 1. The lowest BCUT2D eigenvalue weighted by Crippen LogP contribution is -2.52. The van der Waals surface area contributed by atoms with Crippen LogP contribution in [-0.2, 0) is 4.74 Å². The van der Waals surface area contributed by atoms with Crippen LogP contribution >= 0.6 is 11.6 Å². The van der Waals surface area contributed by atoms with E-state index in [1.807, 2.05) is 42.5 Å². The normalized spacial score (nSPS) is 27.6. The number of hydrogen-bond acceptors (Lipinski definition) is 4. The number of halogens is 1. The van der Waals surface area contributed by atoms with Gasteiger partial charge in [-0.15, -0.1) is 0 Å². The van der Waals surface area contributed by atoms with Gasteiger partial charge in [-0.25, -0.2) is 4.79 Å². The standard InChI is InChI=1S/C23H25ClN2O3/c24-18-3-1-2-16(12-18)17-4-5-19-20(8-11-28-21(19)13-17)25-23(27)29-22-14-26-9-6-15(22)7-10-26/h1-5,12-13,15,20,22H,6-11,14H2,(H,25,27)/t20?,22-/m0/s1. The first-order chi connectivity index (χ1) is 14.2. The van der Waals surface area contributed by atoms with E-state index in [-0.39, 0.29) is 18.2 Å². The molecule has 0 spiro atoms. The fraction of sp³-hybridized carbons (Fsp3) is 0.435. The van der Waals surface area contributed by atoms with Crippen LogP contribution in [-0.4, -0.2) is 43.3 Å². The first-order valence-corrected chi connectivity index (χ1v) is 10.8. The van der Waals surface area contributed by atoms with E-state index in [1.165, 1.54) is 0 Å². The zero-order valence-corrected chi connectivity index (χ0v) is 17.0. The van der Waals surface area contributed by atoms with Gasteiger partial charge < -0.3 is 14.8 Å². The highest BCUT2D eigenvalue weighted by molar-refractivity contribution is 6.30. The zero-order valence-electron chi connectivity index (χ0n) is 16.3. The minimum absolute atomic E-state index is 0.0158. The summed E-state index contributed by atoms with van der Waals surface area (Å²) in [5, 5.41) is 3.77. The maximum atomic E-state index is 12.6. The van der Waals surface area contributed by atoms with Crippen molar-refractivity contribution < 1.29 is 14.3 Å². The van der Waals surface area contributed by atoms with Crippen LogP contribution in [0.3, 0.4) is 0 Å². The van der Waals surface area contributed by atoms with Crippen molar-refractivity contribution in [2.75, 3.05) is 26.2 Å². The quantitative estimate of drug-likeness (QED) is 0.797. The van der Waals surface area contributed by atoms with Crippen molar-refractivity contribution in [1.82, 2.24) is 10.2 Å². The number of fused-ring (bicyclic) bond motifs is 4. The van der Waals surface area contributed by atoms with Crippen LogP contribution in [0.25, 0.3) is 11.1 Å². The van der Waals surface area contributed by atoms with Crippen molar-refractivity contribution in [3.63, 3.8) is 0 Å². The van der Waals surface area contributed by atoms with Crippen LogP contribution in [0.2, 0.25) is 5.02 Å². The van der Waals surface area contributed by atoms with E-state index in [1.54, 1.807) is 0 Å². The van der Waals surface area contributed by atoms with Gasteiger partial charge in [0.05, 0.1) is 12.6 Å². The van der Waals surface area contributed by atoms with Crippen LogP contribution in [0, 0.1) is 5.92 Å². The van der Waals surface area contributed by atoms with Gasteiger partial charge in [-0.2, -0.15) is 0 Å². The lowest BCUT2D eigenvalue weighted by atomic mass is 9.86. The average molecular weight is 413 g/mol. The molecule has 0 aliphatic carbocycles. The molecule has 2 bridgehead atoms. The molecule has 2 aromatic carbocycles. The predicted octanol–water partition coefficient (Wildman–Crippen LogP) is 4.65. The van der Waals surface area contributed by atoms with E-state index in [4.69, 9.17) is 21.1 Å². The second-order valence-electron chi connectivity index (χ2n) is 8.18. The molecule has 5 nitrogen and oxygen atoms in total. The molecule has 2 aromatic rings. The van der Waals surface area contributed by atoms with Crippen molar-refractivity contribution in [3.05, 3.63) is 53.1 Å². The molecule has 4 aliphatic heterocycles. The smallest absolute Gasteiger partial charge is 0.407 e. The minimum Gasteiger partial charge on any atom is -0.493 e. The third-order valence-electron chi connectivity index (χ3n) is 6.36. The minimum atomic E-state index is -0.319. The molecule has 0 saturated carbocycles. The highest BCUT2D eigenvalue weighted by Crippen LogP contribution is 2.36. The van der Waals surface area contributed by atoms with E-state index in [2.05, 4.69) is 10.2 Å². The first-order valence-electron chi connectivity index (χ1n) is 10.4. The van der Waals surface area contributed by atoms with Crippen molar-refractivity contribution in [1.29, 1.82) is 0 Å². The Labute approximate surface area is 175 Å². The Kier molecular flexibility index (Phi) is 5.10. The van der Waals surface area contributed by atoms with Crippen LogP contribution in [0.5, 0.6) is 5.75 Å². The van der Waals surface area contributed by atoms with Crippen molar-refractivity contribution in [2.24, 2.45) is 5.92 Å². The van der Waals surface area contributed by atoms with Gasteiger partial charge in [0.1, 0.15) is 11.9 Å². The van der Waals surface area contributed by atoms with Crippen LogP contribution in [0.1, 0.15) is 30.9 Å². The molecule has 2 atom stereocenters. The van der Waals surface area contributed by atoms with Gasteiger partial charge in [0, 0.05) is 23.6 Å². The molecular weight excluding hydrogens is 388 g/mol. The Bertz CT molecular complexity index is 911. The molecule has 3 fully saturated rings. The lowest BCUT2D eigenvalue weighted by Gasteiger charge is -2.44. The van der Waals surface area contributed by atoms with Crippen molar-refractivity contribution in [2.45, 2.75) is 31.4 Å². The van der Waals surface area contributed by atoms with Gasteiger partial charge >= 0.3 is 6.09 Å². The SMILES string of the molecule is O=C(NC1CCOc2cc(-c3cccc(Cl)c3)ccc21)O[C@H]1CN2CCC1CC2. The number of rotatable bonds is 3. The lowest BCUT2D eigenvalue weighted by molar-refractivity contribution is -0.0342. The Morgan fingerprint density at radius 3 is 2.69 bits per heavy atom. The fourth-order valence-electron chi connectivity index (χ4n) is 4.75. The number of benzene rings is 2. The predicted molar refractivity (Wildman–Crippen MR) is 112 cm³/mol. The number of amides is 1. The molecule has 4 heterocycles. The zero-order chi connectivity index (χ0) is 19.8. The molecule has 1 unspecified atom stereocenters. The van der Waals surface area contributed by atoms with Gasteiger partial charge in [-0.05, 0) is 61.2 Å². The van der Waals surface area contributed by atoms with Gasteiger partial charge in [-0.1, -0.05) is 35.9 Å². The number of hydrogen-bond donors (Lipinski definition) is 1. The van der Waals surface area contributed by atoms with Gasteiger partial charge in [0.2, 0.25) is 0 Å². The summed E-state index contributed by atoms with van der Waals surface area (Å²) >= 11 is 6.13. The summed E-state index contributed by atoms with van der Waals surface area (Å²) in [5.74, 6) is 1.31. The summed E-state index contributed by atoms with van der Waals surface area (Å²) in [5.41, 5.74) is 3.08. The van der Waals surface area contributed by atoms with E-state index in [0.717, 1.165) is 61.3 Å². The fourth-order valence-corrected chi connectivity index (χ4v) is 4.94. The number of carbonyl (C=O) groups excluding carboxylic acids is 1. The molecule has 0 aromatic heterocycles. The Balaban J connectivity index is 1.28. The Morgan fingerprint density at radius 2 is 1.93 bits per heavy atom. The van der Waals surface area contributed by atoms with Gasteiger partial charge in [0.25, 0.3) is 0 Å². The number of carbonyl (C=O) groups is 1. The summed E-state index contributed by atoms with van der Waals surface area (Å²) in [7, 11) is 0. The van der Waals surface area contributed by atoms with Crippen LogP contribution in [0.4, 0.5) is 4.79 Å². The average Bonchev–Trinajstić information content (AvgIpc) is 2.74. The molecule has 4 aliphatic rings. The molecule has 0 radical (unpaired) electrons.